The number of halogens is 6. The van der Waals surface area contributed by atoms with Gasteiger partial charge in [-0.2, -0.15) is 8.78 Å². The van der Waals surface area contributed by atoms with Crippen LogP contribution in [0.15, 0.2) is 48.5 Å². The third-order valence-electron chi connectivity index (χ3n) is 7.12. The summed E-state index contributed by atoms with van der Waals surface area (Å²) in [5.74, 6) is -12.4. The molecule has 0 bridgehead atoms. The lowest BCUT2D eigenvalue weighted by atomic mass is 9.89. The van der Waals surface area contributed by atoms with E-state index in [0.717, 1.165) is 36.2 Å². The van der Waals surface area contributed by atoms with Gasteiger partial charge in [-0.25, -0.2) is 17.6 Å². The molecule has 1 aliphatic rings. The van der Waals surface area contributed by atoms with Gasteiger partial charge < -0.3 is 15.0 Å². The highest BCUT2D eigenvalue weighted by Crippen LogP contribution is 2.35. The molecule has 1 amide bonds. The molecule has 3 aromatic rings. The third kappa shape index (κ3) is 6.78. The normalized spacial score (nSPS) is 15.3. The highest BCUT2D eigenvalue weighted by Gasteiger charge is 2.30. The largest absolute Gasteiger partial charge is 0.479 e. The van der Waals surface area contributed by atoms with E-state index in [-0.39, 0.29) is 24.2 Å². The van der Waals surface area contributed by atoms with Crippen LogP contribution in [0.5, 0.6) is 5.75 Å². The zero-order valence-corrected chi connectivity index (χ0v) is 22.1. The summed E-state index contributed by atoms with van der Waals surface area (Å²) in [5.41, 5.74) is 2.19. The first-order valence-electron chi connectivity index (χ1n) is 13.1. The highest BCUT2D eigenvalue weighted by atomic mass is 19.2. The van der Waals surface area contributed by atoms with Crippen molar-refractivity contribution in [1.29, 1.82) is 0 Å². The Morgan fingerprint density at radius 2 is 1.50 bits per heavy atom. The number of likely N-dealkylation sites (tertiary alicyclic amines) is 1. The van der Waals surface area contributed by atoms with Crippen molar-refractivity contribution < 1.29 is 35.9 Å². The Kier molecular flexibility index (Phi) is 9.40. The number of hydrogen-bond donors (Lipinski definition) is 1. The van der Waals surface area contributed by atoms with Crippen LogP contribution in [0.2, 0.25) is 0 Å². The van der Waals surface area contributed by atoms with Crippen LogP contribution < -0.4 is 10.1 Å². The van der Waals surface area contributed by atoms with E-state index >= 15 is 0 Å². The van der Waals surface area contributed by atoms with Crippen molar-refractivity contribution in [3.63, 3.8) is 0 Å². The molecule has 1 unspecified atom stereocenters. The molecule has 0 radical (unpaired) electrons. The molecule has 4 nitrogen and oxygen atoms in total. The van der Waals surface area contributed by atoms with Gasteiger partial charge in [-0.1, -0.05) is 38.1 Å². The third-order valence-corrected chi connectivity index (χ3v) is 7.12. The number of piperidine rings is 1. The molecular weight excluding hydrogens is 534 g/mol. The van der Waals surface area contributed by atoms with E-state index in [4.69, 9.17) is 4.74 Å². The molecule has 0 aromatic heterocycles. The minimum Gasteiger partial charge on any atom is -0.479 e. The number of anilines is 1. The van der Waals surface area contributed by atoms with Crippen LogP contribution in [-0.4, -0.2) is 30.4 Å². The number of rotatable bonds is 9. The molecule has 1 saturated heterocycles. The summed E-state index contributed by atoms with van der Waals surface area (Å²) >= 11 is 0. The first kappa shape index (κ1) is 29.5. The first-order valence-corrected chi connectivity index (χ1v) is 13.1. The molecule has 4 rings (SSSR count). The van der Waals surface area contributed by atoms with E-state index in [1.807, 2.05) is 38.1 Å². The maximum Gasteiger partial charge on any atom is 0.226 e. The van der Waals surface area contributed by atoms with E-state index in [9.17, 15) is 31.1 Å². The summed E-state index contributed by atoms with van der Waals surface area (Å²) < 4.78 is 88.6. The summed E-state index contributed by atoms with van der Waals surface area (Å²) in [6.07, 6.45) is 0.711. The quantitative estimate of drug-likeness (QED) is 0.166. The molecule has 10 heteroatoms. The Hall–Kier alpha value is -3.53. The topological polar surface area (TPSA) is 41.6 Å². The van der Waals surface area contributed by atoms with Gasteiger partial charge in [0, 0.05) is 24.6 Å². The summed E-state index contributed by atoms with van der Waals surface area (Å²) in [5, 5.41) is 2.91. The number of amides is 1. The van der Waals surface area contributed by atoms with Gasteiger partial charge in [0.05, 0.1) is 0 Å². The van der Waals surface area contributed by atoms with E-state index in [1.165, 1.54) is 12.1 Å². The Morgan fingerprint density at radius 1 is 0.900 bits per heavy atom. The molecule has 0 spiro atoms. The van der Waals surface area contributed by atoms with Crippen LogP contribution in [0.4, 0.5) is 32.0 Å². The van der Waals surface area contributed by atoms with Crippen molar-refractivity contribution in [3.05, 3.63) is 94.6 Å². The summed E-state index contributed by atoms with van der Waals surface area (Å²) in [7, 11) is 0. The lowest BCUT2D eigenvalue weighted by Crippen LogP contribution is -2.34. The number of ether oxygens (including phenoxy) is 1. The van der Waals surface area contributed by atoms with Crippen molar-refractivity contribution in [2.45, 2.75) is 45.1 Å². The average Bonchev–Trinajstić information content (AvgIpc) is 2.95. The molecular formula is C30H30F6N2O2. The Bertz CT molecular complexity index is 1310. The second-order valence-electron chi connectivity index (χ2n) is 10.2. The van der Waals surface area contributed by atoms with Crippen molar-refractivity contribution in [3.8, 4) is 5.75 Å². The van der Waals surface area contributed by atoms with E-state index in [2.05, 4.69) is 10.2 Å². The van der Waals surface area contributed by atoms with Crippen LogP contribution in [0.25, 0.3) is 0 Å². The smallest absolute Gasteiger partial charge is 0.226 e. The minimum absolute atomic E-state index is 0.0595. The summed E-state index contributed by atoms with van der Waals surface area (Å²) in [4.78, 5) is 14.2. The fourth-order valence-electron chi connectivity index (χ4n) is 4.75. The van der Waals surface area contributed by atoms with Gasteiger partial charge in [-0.15, -0.1) is 0 Å². The van der Waals surface area contributed by atoms with Crippen molar-refractivity contribution >= 4 is 11.6 Å². The van der Waals surface area contributed by atoms with Crippen LogP contribution in [0.1, 0.15) is 56.3 Å². The fourth-order valence-corrected chi connectivity index (χ4v) is 4.75. The van der Waals surface area contributed by atoms with Gasteiger partial charge in [-0.05, 0) is 67.2 Å². The minimum atomic E-state index is -2.27. The van der Waals surface area contributed by atoms with Crippen molar-refractivity contribution in [1.82, 2.24) is 4.90 Å². The van der Waals surface area contributed by atoms with Crippen LogP contribution in [0.3, 0.4) is 0 Å². The predicted octanol–water partition coefficient (Wildman–Crippen LogP) is 7.51. The van der Waals surface area contributed by atoms with E-state index in [0.29, 0.717) is 25.2 Å². The maximum absolute atomic E-state index is 14.3. The molecule has 1 N–H and O–H groups in total. The first-order chi connectivity index (χ1) is 19.0. The van der Waals surface area contributed by atoms with Crippen molar-refractivity contribution in [2.75, 3.05) is 25.0 Å². The zero-order valence-electron chi connectivity index (χ0n) is 22.1. The Balaban J connectivity index is 1.43. The molecule has 0 aliphatic carbocycles. The number of carbonyl (C=O) groups excluding carboxylic acids is 1. The lowest BCUT2D eigenvalue weighted by molar-refractivity contribution is -0.118. The molecule has 0 saturated carbocycles. The van der Waals surface area contributed by atoms with Gasteiger partial charge in [0.25, 0.3) is 0 Å². The number of hydrogen-bond acceptors (Lipinski definition) is 3. The number of nitrogens with zero attached hydrogens (tertiary/aromatic N) is 1. The van der Waals surface area contributed by atoms with Gasteiger partial charge in [0.15, 0.2) is 5.75 Å². The van der Waals surface area contributed by atoms with E-state index in [1.54, 1.807) is 0 Å². The fraction of sp³-hybridized carbons (Fsp3) is 0.367. The van der Waals surface area contributed by atoms with Crippen LogP contribution in [-0.2, 0) is 4.79 Å². The SMILES string of the molecule is CC(C)C(=O)Nc1cccc(C2CCN(CCC(Oc3c(F)c(F)c(F)c(F)c3F)c3ccc(F)cc3)CC2)c1. The number of benzene rings is 3. The van der Waals surface area contributed by atoms with Gasteiger partial charge >= 0.3 is 0 Å². The molecule has 1 fully saturated rings. The summed E-state index contributed by atoms with van der Waals surface area (Å²) in [6.45, 7) is 5.46. The molecule has 1 aliphatic heterocycles. The molecule has 40 heavy (non-hydrogen) atoms. The molecule has 1 atom stereocenters. The molecule has 1 heterocycles. The monoisotopic (exact) mass is 564 g/mol. The second-order valence-corrected chi connectivity index (χ2v) is 10.2. The number of carbonyl (C=O) groups is 1. The zero-order chi connectivity index (χ0) is 29.0. The standard InChI is InChI=1S/C30H30F6N2O2/c1-17(2)30(39)37-22-5-3-4-20(16-22)18-10-13-38(14-11-18)15-12-23(19-6-8-21(31)9-7-19)40-29-27(35)25(33)24(32)26(34)28(29)36/h3-9,16-18,23H,10-15H2,1-2H3,(H,37,39). The van der Waals surface area contributed by atoms with Crippen LogP contribution >= 0.6 is 0 Å². The maximum atomic E-state index is 14.3. The van der Waals surface area contributed by atoms with Gasteiger partial charge in [0.2, 0.25) is 35.0 Å². The Morgan fingerprint density at radius 3 is 2.10 bits per heavy atom. The van der Waals surface area contributed by atoms with Crippen LogP contribution in [0, 0.1) is 40.8 Å². The second kappa shape index (κ2) is 12.8. The molecule has 214 valence electrons. The van der Waals surface area contributed by atoms with Gasteiger partial charge in [-0.3, -0.25) is 4.79 Å². The van der Waals surface area contributed by atoms with Gasteiger partial charge in [0.1, 0.15) is 11.9 Å². The molecule has 3 aromatic carbocycles. The average molecular weight is 565 g/mol. The highest BCUT2D eigenvalue weighted by molar-refractivity contribution is 5.92. The predicted molar refractivity (Wildman–Crippen MR) is 139 cm³/mol. The summed E-state index contributed by atoms with van der Waals surface area (Å²) in [6, 6.07) is 12.7. The Labute approximate surface area is 228 Å². The van der Waals surface area contributed by atoms with E-state index < -0.39 is 46.8 Å². The lowest BCUT2D eigenvalue weighted by Gasteiger charge is -2.33. The van der Waals surface area contributed by atoms with Crippen molar-refractivity contribution in [2.24, 2.45) is 5.92 Å². The number of nitrogens with one attached hydrogen (secondary N) is 1.